The van der Waals surface area contributed by atoms with Crippen LogP contribution in [0.1, 0.15) is 34.8 Å². The molecule has 1 saturated carbocycles. The number of piperazine rings is 1. The zero-order valence-electron chi connectivity index (χ0n) is 18.7. The molecule has 0 atom stereocenters. The SMILES string of the molecule is O=C(O)c1cn(C2CC2)c2cc(N3CCN(C(=S)SCc4cccc(Cl)c4)CC3)c(F)cc2c1=O. The number of hydrogen-bond acceptors (Lipinski definition) is 5. The summed E-state index contributed by atoms with van der Waals surface area (Å²) in [6.45, 7) is 2.49. The van der Waals surface area contributed by atoms with Crippen LogP contribution in [-0.4, -0.2) is 51.0 Å². The molecular formula is C25H23ClFN3O3S2. The molecule has 3 aromatic rings. The number of carboxylic acid groups (broad SMARTS) is 1. The third kappa shape index (κ3) is 5.03. The number of carbonyl (C=O) groups is 1. The number of anilines is 1. The monoisotopic (exact) mass is 531 g/mol. The molecule has 1 aliphatic carbocycles. The van der Waals surface area contributed by atoms with Crippen molar-refractivity contribution in [2.45, 2.75) is 24.6 Å². The van der Waals surface area contributed by atoms with Crippen molar-refractivity contribution in [2.24, 2.45) is 0 Å². The van der Waals surface area contributed by atoms with Crippen LogP contribution in [0, 0.1) is 5.82 Å². The van der Waals surface area contributed by atoms with E-state index in [4.69, 9.17) is 23.8 Å². The van der Waals surface area contributed by atoms with Gasteiger partial charge in [0, 0.05) is 54.6 Å². The van der Waals surface area contributed by atoms with E-state index in [9.17, 15) is 14.7 Å². The minimum absolute atomic E-state index is 0.107. The number of halogens is 2. The van der Waals surface area contributed by atoms with Gasteiger partial charge >= 0.3 is 5.97 Å². The van der Waals surface area contributed by atoms with Crippen LogP contribution in [0.4, 0.5) is 10.1 Å². The predicted molar refractivity (Wildman–Crippen MR) is 143 cm³/mol. The lowest BCUT2D eigenvalue weighted by Gasteiger charge is -2.37. The van der Waals surface area contributed by atoms with Crippen LogP contribution < -0.4 is 10.3 Å². The molecule has 0 unspecified atom stereocenters. The molecule has 6 nitrogen and oxygen atoms in total. The van der Waals surface area contributed by atoms with E-state index >= 15 is 4.39 Å². The summed E-state index contributed by atoms with van der Waals surface area (Å²) in [6, 6.07) is 10.7. The van der Waals surface area contributed by atoms with Gasteiger partial charge in [0.05, 0.1) is 11.2 Å². The Morgan fingerprint density at radius 3 is 2.57 bits per heavy atom. The van der Waals surface area contributed by atoms with E-state index in [1.54, 1.807) is 17.8 Å². The molecule has 1 aliphatic heterocycles. The summed E-state index contributed by atoms with van der Waals surface area (Å²) in [5, 5.41) is 10.2. The fourth-order valence-corrected chi connectivity index (χ4v) is 5.81. The molecule has 10 heteroatoms. The Morgan fingerprint density at radius 2 is 1.91 bits per heavy atom. The van der Waals surface area contributed by atoms with Crippen molar-refractivity contribution in [1.82, 2.24) is 9.47 Å². The molecule has 5 rings (SSSR count). The van der Waals surface area contributed by atoms with Gasteiger partial charge in [-0.3, -0.25) is 4.79 Å². The van der Waals surface area contributed by atoms with Crippen molar-refractivity contribution in [3.05, 3.63) is 74.8 Å². The van der Waals surface area contributed by atoms with Crippen LogP contribution in [0.25, 0.3) is 10.9 Å². The number of aromatic carboxylic acids is 1. The molecule has 0 radical (unpaired) electrons. The first-order valence-corrected chi connectivity index (χ1v) is 13.1. The zero-order valence-corrected chi connectivity index (χ0v) is 21.1. The van der Waals surface area contributed by atoms with Crippen molar-refractivity contribution >= 4 is 62.5 Å². The van der Waals surface area contributed by atoms with Crippen LogP contribution >= 0.6 is 35.6 Å². The summed E-state index contributed by atoms with van der Waals surface area (Å²) in [6.07, 6.45) is 3.22. The smallest absolute Gasteiger partial charge is 0.341 e. The molecule has 2 fully saturated rings. The van der Waals surface area contributed by atoms with Gasteiger partial charge in [0.15, 0.2) is 0 Å². The Morgan fingerprint density at radius 1 is 1.17 bits per heavy atom. The average Bonchev–Trinajstić information content (AvgIpc) is 3.68. The average molecular weight is 532 g/mol. The highest BCUT2D eigenvalue weighted by Gasteiger charge is 2.28. The lowest BCUT2D eigenvalue weighted by Crippen LogP contribution is -2.48. The van der Waals surface area contributed by atoms with Crippen LogP contribution in [0.5, 0.6) is 0 Å². The van der Waals surface area contributed by atoms with Crippen molar-refractivity contribution in [3.63, 3.8) is 0 Å². The van der Waals surface area contributed by atoms with E-state index in [0.29, 0.717) is 42.4 Å². The van der Waals surface area contributed by atoms with E-state index in [1.807, 2.05) is 33.7 Å². The number of thioether (sulfide) groups is 1. The molecule has 2 heterocycles. The van der Waals surface area contributed by atoms with Crippen molar-refractivity contribution in [3.8, 4) is 0 Å². The third-order valence-corrected chi connectivity index (χ3v) is 8.23. The van der Waals surface area contributed by atoms with Crippen LogP contribution in [0.3, 0.4) is 0 Å². The normalized spacial score (nSPS) is 16.1. The van der Waals surface area contributed by atoms with Gasteiger partial charge in [-0.2, -0.15) is 0 Å². The maximum atomic E-state index is 15.2. The highest BCUT2D eigenvalue weighted by molar-refractivity contribution is 8.22. The largest absolute Gasteiger partial charge is 0.477 e. The topological polar surface area (TPSA) is 65.8 Å². The van der Waals surface area contributed by atoms with Crippen LogP contribution in [0.2, 0.25) is 5.02 Å². The molecular weight excluding hydrogens is 509 g/mol. The molecule has 2 aliphatic rings. The van der Waals surface area contributed by atoms with Crippen molar-refractivity contribution < 1.29 is 14.3 Å². The first-order valence-electron chi connectivity index (χ1n) is 11.3. The summed E-state index contributed by atoms with van der Waals surface area (Å²) >= 11 is 13.3. The summed E-state index contributed by atoms with van der Waals surface area (Å²) in [5.41, 5.74) is 1.13. The standard InChI is InChI=1S/C25H23ClFN3O3S2/c26-16-3-1-2-15(10-16)14-35-25(34)29-8-6-28(7-9-29)22-12-21-18(11-20(22)27)23(31)19(24(32)33)13-30(21)17-4-5-17/h1-3,10-13,17H,4-9,14H2,(H,32,33). The van der Waals surface area contributed by atoms with E-state index in [1.165, 1.54) is 12.3 Å². The number of nitrogens with zero attached hydrogens (tertiary/aromatic N) is 3. The number of pyridine rings is 1. The Labute approximate surface area is 216 Å². The van der Waals surface area contributed by atoms with Gasteiger partial charge in [0.1, 0.15) is 15.7 Å². The first-order chi connectivity index (χ1) is 16.8. The Balaban J connectivity index is 1.32. The molecule has 1 N–H and O–H groups in total. The summed E-state index contributed by atoms with van der Waals surface area (Å²) < 4.78 is 17.8. The number of aromatic nitrogens is 1. The number of fused-ring (bicyclic) bond motifs is 1. The second-order valence-corrected chi connectivity index (χ2v) is 10.8. The first kappa shape index (κ1) is 24.1. The van der Waals surface area contributed by atoms with Crippen LogP contribution in [-0.2, 0) is 5.75 Å². The lowest BCUT2D eigenvalue weighted by molar-refractivity contribution is 0.0695. The molecule has 2 aromatic carbocycles. The van der Waals surface area contributed by atoms with Gasteiger partial charge in [-0.1, -0.05) is 47.7 Å². The molecule has 1 saturated heterocycles. The molecule has 0 spiro atoms. The van der Waals surface area contributed by atoms with Gasteiger partial charge < -0.3 is 19.5 Å². The second kappa shape index (κ2) is 9.79. The quantitative estimate of drug-likeness (QED) is 0.456. The van der Waals surface area contributed by atoms with E-state index < -0.39 is 17.2 Å². The van der Waals surface area contributed by atoms with Gasteiger partial charge in [-0.15, -0.1) is 0 Å². The number of hydrogen-bond donors (Lipinski definition) is 1. The van der Waals surface area contributed by atoms with Crippen molar-refractivity contribution in [2.75, 3.05) is 31.1 Å². The molecule has 35 heavy (non-hydrogen) atoms. The van der Waals surface area contributed by atoms with Gasteiger partial charge in [-0.25, -0.2) is 9.18 Å². The fraction of sp³-hybridized carbons (Fsp3) is 0.320. The highest BCUT2D eigenvalue weighted by Crippen LogP contribution is 2.38. The molecule has 0 bridgehead atoms. The molecule has 0 amide bonds. The van der Waals surface area contributed by atoms with E-state index in [-0.39, 0.29) is 17.0 Å². The number of carboxylic acids is 1. The van der Waals surface area contributed by atoms with Crippen LogP contribution in [0.15, 0.2) is 47.4 Å². The van der Waals surface area contributed by atoms with E-state index in [2.05, 4.69) is 4.90 Å². The molecule has 182 valence electrons. The maximum absolute atomic E-state index is 15.2. The molecule has 1 aromatic heterocycles. The Bertz CT molecular complexity index is 1380. The number of benzene rings is 2. The summed E-state index contributed by atoms with van der Waals surface area (Å²) in [7, 11) is 0. The minimum atomic E-state index is -1.30. The number of thiocarbonyl (C=S) groups is 1. The van der Waals surface area contributed by atoms with Gasteiger partial charge in [-0.05, 0) is 42.7 Å². The highest BCUT2D eigenvalue weighted by atomic mass is 35.5. The van der Waals surface area contributed by atoms with Gasteiger partial charge in [0.2, 0.25) is 5.43 Å². The lowest BCUT2D eigenvalue weighted by atomic mass is 10.1. The van der Waals surface area contributed by atoms with E-state index in [0.717, 1.165) is 28.5 Å². The predicted octanol–water partition coefficient (Wildman–Crippen LogP) is 5.17. The minimum Gasteiger partial charge on any atom is -0.477 e. The zero-order chi connectivity index (χ0) is 24.7. The summed E-state index contributed by atoms with van der Waals surface area (Å²) in [4.78, 5) is 28.3. The summed E-state index contributed by atoms with van der Waals surface area (Å²) in [5.74, 6) is -1.09. The fourth-order valence-electron chi connectivity index (χ4n) is 4.40. The maximum Gasteiger partial charge on any atom is 0.341 e. The number of rotatable bonds is 5. The second-order valence-electron chi connectivity index (χ2n) is 8.79. The Hall–Kier alpha value is -2.62. The third-order valence-electron chi connectivity index (χ3n) is 6.40. The van der Waals surface area contributed by atoms with Crippen molar-refractivity contribution in [1.29, 1.82) is 0 Å². The van der Waals surface area contributed by atoms with Gasteiger partial charge in [0.25, 0.3) is 0 Å². The Kier molecular flexibility index (Phi) is 6.74.